The molecule has 0 bridgehead atoms. The number of carbonyl (C=O) groups is 1. The van der Waals surface area contributed by atoms with Crippen LogP contribution in [0.3, 0.4) is 0 Å². The Bertz CT molecular complexity index is 566. The molecule has 23 heavy (non-hydrogen) atoms. The normalized spacial score (nSPS) is 16.1. The molecule has 0 saturated carbocycles. The molecule has 0 radical (unpaired) electrons. The van der Waals surface area contributed by atoms with Gasteiger partial charge < -0.3 is 14.4 Å². The molecule has 4 nitrogen and oxygen atoms in total. The maximum absolute atomic E-state index is 12.1. The van der Waals surface area contributed by atoms with Crippen molar-refractivity contribution in [2.75, 3.05) is 13.1 Å². The summed E-state index contributed by atoms with van der Waals surface area (Å²) in [5.41, 5.74) is 1.58. The van der Waals surface area contributed by atoms with Gasteiger partial charge in [-0.1, -0.05) is 24.8 Å². The Kier molecular flexibility index (Phi) is 5.34. The van der Waals surface area contributed by atoms with E-state index in [1.54, 1.807) is 4.90 Å². The Morgan fingerprint density at radius 1 is 1.22 bits per heavy atom. The standard InChI is InChI=1S/C19H27NO3/c1-14(2)16-8-6-7-9-17(16)22-15-10-12-20(13-11-15)18(21)23-19(3,4)5/h6-9,15H,1,10-13H2,2-5H3. The number of ether oxygens (including phenoxy) is 2. The molecular weight excluding hydrogens is 290 g/mol. The number of allylic oxidation sites excluding steroid dienone is 1. The van der Waals surface area contributed by atoms with Gasteiger partial charge in [-0.05, 0) is 39.3 Å². The van der Waals surface area contributed by atoms with Crippen molar-refractivity contribution in [1.29, 1.82) is 0 Å². The van der Waals surface area contributed by atoms with Crippen molar-refractivity contribution >= 4 is 11.7 Å². The van der Waals surface area contributed by atoms with E-state index in [9.17, 15) is 4.79 Å². The van der Waals surface area contributed by atoms with Crippen molar-refractivity contribution in [2.24, 2.45) is 0 Å². The average molecular weight is 317 g/mol. The van der Waals surface area contributed by atoms with Gasteiger partial charge in [0.15, 0.2) is 0 Å². The summed E-state index contributed by atoms with van der Waals surface area (Å²) < 4.78 is 11.6. The second kappa shape index (κ2) is 7.07. The second-order valence-electron chi connectivity index (χ2n) is 7.06. The minimum atomic E-state index is -0.454. The maximum Gasteiger partial charge on any atom is 0.410 e. The zero-order valence-electron chi connectivity index (χ0n) is 14.6. The molecule has 4 heteroatoms. The summed E-state index contributed by atoms with van der Waals surface area (Å²) in [6, 6.07) is 7.96. The molecule has 1 aromatic rings. The molecule has 0 N–H and O–H groups in total. The zero-order valence-corrected chi connectivity index (χ0v) is 14.6. The van der Waals surface area contributed by atoms with E-state index in [4.69, 9.17) is 9.47 Å². The minimum absolute atomic E-state index is 0.120. The summed E-state index contributed by atoms with van der Waals surface area (Å²) in [5, 5.41) is 0. The SMILES string of the molecule is C=C(C)c1ccccc1OC1CCN(C(=O)OC(C)(C)C)CC1. The largest absolute Gasteiger partial charge is 0.490 e. The second-order valence-corrected chi connectivity index (χ2v) is 7.06. The molecule has 0 atom stereocenters. The number of carbonyl (C=O) groups excluding carboxylic acids is 1. The van der Waals surface area contributed by atoms with Crippen LogP contribution >= 0.6 is 0 Å². The summed E-state index contributed by atoms with van der Waals surface area (Å²) in [7, 11) is 0. The fourth-order valence-corrected chi connectivity index (χ4v) is 2.58. The molecule has 1 aromatic carbocycles. The number of hydrogen-bond donors (Lipinski definition) is 0. The fraction of sp³-hybridized carbons (Fsp3) is 0.526. The van der Waals surface area contributed by atoms with Crippen LogP contribution in [0.5, 0.6) is 5.75 Å². The molecule has 1 aliphatic heterocycles. The third kappa shape index (κ3) is 5.02. The number of nitrogens with zero attached hydrogens (tertiary/aromatic N) is 1. The van der Waals surface area contributed by atoms with Crippen LogP contribution in [0.2, 0.25) is 0 Å². The summed E-state index contributed by atoms with van der Waals surface area (Å²) in [5.74, 6) is 0.871. The number of amides is 1. The van der Waals surface area contributed by atoms with Gasteiger partial charge in [0.25, 0.3) is 0 Å². The lowest BCUT2D eigenvalue weighted by molar-refractivity contribution is 0.0126. The number of benzene rings is 1. The first-order valence-corrected chi connectivity index (χ1v) is 8.16. The Hall–Kier alpha value is -1.97. The van der Waals surface area contributed by atoms with Crippen LogP contribution in [-0.2, 0) is 4.74 Å². The lowest BCUT2D eigenvalue weighted by Gasteiger charge is -2.33. The van der Waals surface area contributed by atoms with Gasteiger partial charge in [-0.25, -0.2) is 4.79 Å². The van der Waals surface area contributed by atoms with E-state index in [-0.39, 0.29) is 12.2 Å². The first kappa shape index (κ1) is 17.4. The Morgan fingerprint density at radius 2 is 1.83 bits per heavy atom. The first-order valence-electron chi connectivity index (χ1n) is 8.16. The number of piperidine rings is 1. The third-order valence-corrected chi connectivity index (χ3v) is 3.73. The Balaban J connectivity index is 1.91. The van der Waals surface area contributed by atoms with E-state index in [0.29, 0.717) is 13.1 Å². The van der Waals surface area contributed by atoms with Gasteiger partial charge in [0.05, 0.1) is 0 Å². The fourth-order valence-electron chi connectivity index (χ4n) is 2.58. The Labute approximate surface area is 139 Å². The maximum atomic E-state index is 12.1. The van der Waals surface area contributed by atoms with E-state index >= 15 is 0 Å². The highest BCUT2D eigenvalue weighted by molar-refractivity contribution is 5.68. The summed E-state index contributed by atoms with van der Waals surface area (Å²) >= 11 is 0. The monoisotopic (exact) mass is 317 g/mol. The molecule has 1 heterocycles. The highest BCUT2D eigenvalue weighted by Crippen LogP contribution is 2.27. The van der Waals surface area contributed by atoms with Crippen molar-refractivity contribution in [2.45, 2.75) is 52.2 Å². The molecule has 1 aliphatic rings. The predicted molar refractivity (Wildman–Crippen MR) is 92.6 cm³/mol. The van der Waals surface area contributed by atoms with Crippen LogP contribution in [0, 0.1) is 0 Å². The molecule has 1 saturated heterocycles. The van der Waals surface area contributed by atoms with Crippen LogP contribution in [0.1, 0.15) is 46.1 Å². The van der Waals surface area contributed by atoms with E-state index < -0.39 is 5.60 Å². The molecule has 1 fully saturated rings. The van der Waals surface area contributed by atoms with Crippen LogP contribution in [-0.4, -0.2) is 35.8 Å². The molecule has 2 rings (SSSR count). The lowest BCUT2D eigenvalue weighted by atomic mass is 10.1. The van der Waals surface area contributed by atoms with Crippen LogP contribution in [0.15, 0.2) is 30.8 Å². The van der Waals surface area contributed by atoms with Crippen LogP contribution < -0.4 is 4.74 Å². The van der Waals surface area contributed by atoms with Gasteiger partial charge >= 0.3 is 6.09 Å². The van der Waals surface area contributed by atoms with E-state index in [2.05, 4.69) is 6.58 Å². The summed E-state index contributed by atoms with van der Waals surface area (Å²) in [4.78, 5) is 13.8. The minimum Gasteiger partial charge on any atom is -0.490 e. The molecule has 0 aliphatic carbocycles. The van der Waals surface area contributed by atoms with Crippen molar-refractivity contribution in [3.63, 3.8) is 0 Å². The van der Waals surface area contributed by atoms with Gasteiger partial charge in [-0.2, -0.15) is 0 Å². The topological polar surface area (TPSA) is 38.8 Å². The van der Waals surface area contributed by atoms with Gasteiger partial charge in [0.1, 0.15) is 17.5 Å². The van der Waals surface area contributed by atoms with Crippen molar-refractivity contribution in [3.05, 3.63) is 36.4 Å². The average Bonchev–Trinajstić information content (AvgIpc) is 2.46. The predicted octanol–water partition coefficient (Wildman–Crippen LogP) is 4.50. The smallest absolute Gasteiger partial charge is 0.410 e. The van der Waals surface area contributed by atoms with Gasteiger partial charge in [-0.3, -0.25) is 0 Å². The molecule has 0 unspecified atom stereocenters. The number of rotatable bonds is 3. The Morgan fingerprint density at radius 3 is 2.39 bits per heavy atom. The molecule has 0 spiro atoms. The summed E-state index contributed by atoms with van der Waals surface area (Å²) in [6.07, 6.45) is 1.50. The number of hydrogen-bond acceptors (Lipinski definition) is 3. The molecular formula is C19H27NO3. The van der Waals surface area contributed by atoms with E-state index in [0.717, 1.165) is 29.7 Å². The number of likely N-dealkylation sites (tertiary alicyclic amines) is 1. The first-order chi connectivity index (χ1) is 10.8. The van der Waals surface area contributed by atoms with Gasteiger partial charge in [0, 0.05) is 31.5 Å². The molecule has 0 aromatic heterocycles. The highest BCUT2D eigenvalue weighted by atomic mass is 16.6. The molecule has 126 valence electrons. The van der Waals surface area contributed by atoms with Crippen molar-refractivity contribution in [1.82, 2.24) is 4.90 Å². The number of para-hydroxylation sites is 1. The van der Waals surface area contributed by atoms with E-state index in [1.807, 2.05) is 52.0 Å². The molecule has 1 amide bonds. The highest BCUT2D eigenvalue weighted by Gasteiger charge is 2.27. The zero-order chi connectivity index (χ0) is 17.0. The third-order valence-electron chi connectivity index (χ3n) is 3.73. The van der Waals surface area contributed by atoms with Crippen molar-refractivity contribution < 1.29 is 14.3 Å². The van der Waals surface area contributed by atoms with Gasteiger partial charge in [-0.15, -0.1) is 0 Å². The quantitative estimate of drug-likeness (QED) is 0.824. The van der Waals surface area contributed by atoms with Crippen LogP contribution in [0.4, 0.5) is 4.79 Å². The van der Waals surface area contributed by atoms with E-state index in [1.165, 1.54) is 0 Å². The van der Waals surface area contributed by atoms with Crippen LogP contribution in [0.25, 0.3) is 5.57 Å². The summed E-state index contributed by atoms with van der Waals surface area (Å²) in [6.45, 7) is 13.0. The van der Waals surface area contributed by atoms with Crippen molar-refractivity contribution in [3.8, 4) is 5.75 Å². The van der Waals surface area contributed by atoms with Gasteiger partial charge in [0.2, 0.25) is 0 Å². The lowest BCUT2D eigenvalue weighted by Crippen LogP contribution is -2.44.